The molecule has 4 nitrogen and oxygen atoms in total. The van der Waals surface area contributed by atoms with Crippen molar-refractivity contribution >= 4 is 11.9 Å². The lowest BCUT2D eigenvalue weighted by Crippen LogP contribution is -2.14. The number of ether oxygens (including phenoxy) is 2. The number of esters is 2. The van der Waals surface area contributed by atoms with E-state index in [1.807, 2.05) is 30.3 Å². The van der Waals surface area contributed by atoms with Crippen LogP contribution in [0.25, 0.3) is 0 Å². The molecule has 0 spiro atoms. The molecule has 0 aliphatic carbocycles. The van der Waals surface area contributed by atoms with E-state index in [9.17, 15) is 9.59 Å². The zero-order chi connectivity index (χ0) is 20.7. The summed E-state index contributed by atoms with van der Waals surface area (Å²) in [6.07, 6.45) is 5.18. The molecule has 0 heterocycles. The van der Waals surface area contributed by atoms with E-state index < -0.39 is 0 Å². The molecule has 0 aliphatic heterocycles. The van der Waals surface area contributed by atoms with Crippen LogP contribution in [0.3, 0.4) is 0 Å². The van der Waals surface area contributed by atoms with Crippen molar-refractivity contribution in [1.29, 1.82) is 0 Å². The Labute approximate surface area is 164 Å². The number of carbonyl (C=O) groups is 2. The Kier molecular flexibility index (Phi) is 13.5. The standard InChI is InChI=1S/C12H22O2.C11H12O2/c1-5-7-8-11(6-2)9-14-12(13)10(3)4;1-9(11(12)13-2)8-10-6-4-3-5-7-10/h11H,3,5-9H2,1-2,4H3;3-7H,1,8H2,2H3. The summed E-state index contributed by atoms with van der Waals surface area (Å²) in [4.78, 5) is 22.1. The maximum absolute atomic E-state index is 11.1. The fourth-order valence-electron chi connectivity index (χ4n) is 2.27. The minimum absolute atomic E-state index is 0.264. The van der Waals surface area contributed by atoms with Gasteiger partial charge in [0.15, 0.2) is 0 Å². The minimum Gasteiger partial charge on any atom is -0.466 e. The number of carbonyl (C=O) groups excluding carboxylic acids is 2. The summed E-state index contributed by atoms with van der Waals surface area (Å²) in [5, 5.41) is 0. The van der Waals surface area contributed by atoms with E-state index in [4.69, 9.17) is 4.74 Å². The van der Waals surface area contributed by atoms with E-state index in [0.29, 0.717) is 30.1 Å². The molecule has 0 saturated carbocycles. The molecular weight excluding hydrogens is 340 g/mol. The van der Waals surface area contributed by atoms with Gasteiger partial charge in [0.1, 0.15) is 0 Å². The zero-order valence-corrected chi connectivity index (χ0v) is 17.3. The van der Waals surface area contributed by atoms with Gasteiger partial charge in [0.25, 0.3) is 0 Å². The molecule has 150 valence electrons. The van der Waals surface area contributed by atoms with Crippen molar-refractivity contribution in [2.45, 2.75) is 52.9 Å². The highest BCUT2D eigenvalue weighted by molar-refractivity contribution is 5.88. The maximum atomic E-state index is 11.1. The quantitative estimate of drug-likeness (QED) is 0.413. The molecule has 0 aliphatic rings. The van der Waals surface area contributed by atoms with Crippen molar-refractivity contribution in [3.63, 3.8) is 0 Å². The SMILES string of the molecule is C=C(C)C(=O)OCC(CC)CCCC.C=C(Cc1ccccc1)C(=O)OC. The van der Waals surface area contributed by atoms with Crippen molar-refractivity contribution < 1.29 is 19.1 Å². The van der Waals surface area contributed by atoms with Gasteiger partial charge in [-0.3, -0.25) is 0 Å². The Bertz CT molecular complexity index is 590. The van der Waals surface area contributed by atoms with Gasteiger partial charge in [0.05, 0.1) is 13.7 Å². The molecule has 1 atom stereocenters. The van der Waals surface area contributed by atoms with Gasteiger partial charge in [-0.1, -0.05) is 76.6 Å². The van der Waals surface area contributed by atoms with E-state index in [0.717, 1.165) is 18.4 Å². The third-order valence-corrected chi connectivity index (χ3v) is 4.08. The van der Waals surface area contributed by atoms with Crippen LogP contribution >= 0.6 is 0 Å². The van der Waals surface area contributed by atoms with Gasteiger partial charge in [-0.15, -0.1) is 0 Å². The lowest BCUT2D eigenvalue weighted by molar-refractivity contribution is -0.140. The summed E-state index contributed by atoms with van der Waals surface area (Å²) in [6.45, 7) is 13.7. The molecule has 0 saturated heterocycles. The second-order valence-electron chi connectivity index (χ2n) is 6.55. The highest BCUT2D eigenvalue weighted by atomic mass is 16.5. The predicted octanol–water partition coefficient (Wildman–Crippen LogP) is 5.28. The van der Waals surface area contributed by atoms with Crippen LogP contribution in [0.4, 0.5) is 0 Å². The van der Waals surface area contributed by atoms with Crippen LogP contribution in [0.15, 0.2) is 54.6 Å². The number of rotatable bonds is 10. The largest absolute Gasteiger partial charge is 0.466 e. The lowest BCUT2D eigenvalue weighted by Gasteiger charge is -2.14. The Morgan fingerprint density at radius 3 is 2.19 bits per heavy atom. The van der Waals surface area contributed by atoms with E-state index >= 15 is 0 Å². The molecule has 0 N–H and O–H groups in total. The highest BCUT2D eigenvalue weighted by Gasteiger charge is 2.10. The van der Waals surface area contributed by atoms with Crippen LogP contribution in [0.5, 0.6) is 0 Å². The first kappa shape index (κ1) is 24.6. The minimum atomic E-state index is -0.344. The van der Waals surface area contributed by atoms with Crippen LogP contribution in [0, 0.1) is 5.92 Å². The Morgan fingerprint density at radius 1 is 1.07 bits per heavy atom. The van der Waals surface area contributed by atoms with E-state index in [-0.39, 0.29) is 11.9 Å². The van der Waals surface area contributed by atoms with Crippen LogP contribution in [-0.4, -0.2) is 25.7 Å². The van der Waals surface area contributed by atoms with Crippen molar-refractivity contribution in [3.05, 3.63) is 60.2 Å². The van der Waals surface area contributed by atoms with Gasteiger partial charge < -0.3 is 9.47 Å². The number of unbranched alkanes of at least 4 members (excludes halogenated alkanes) is 1. The Morgan fingerprint density at radius 2 is 1.70 bits per heavy atom. The lowest BCUT2D eigenvalue weighted by atomic mass is 10.0. The third kappa shape index (κ3) is 11.8. The second kappa shape index (κ2) is 14.8. The van der Waals surface area contributed by atoms with Gasteiger partial charge in [0.2, 0.25) is 0 Å². The van der Waals surface area contributed by atoms with Crippen LogP contribution in [0.2, 0.25) is 0 Å². The fourth-order valence-corrected chi connectivity index (χ4v) is 2.27. The van der Waals surface area contributed by atoms with Crippen molar-refractivity contribution in [2.75, 3.05) is 13.7 Å². The van der Waals surface area contributed by atoms with E-state index in [2.05, 4.69) is 31.7 Å². The van der Waals surface area contributed by atoms with Crippen LogP contribution < -0.4 is 0 Å². The van der Waals surface area contributed by atoms with Gasteiger partial charge in [-0.05, 0) is 24.8 Å². The third-order valence-electron chi connectivity index (χ3n) is 4.08. The first-order chi connectivity index (χ1) is 12.8. The molecule has 0 amide bonds. The average molecular weight is 375 g/mol. The molecule has 1 aromatic rings. The molecule has 0 radical (unpaired) electrons. The molecule has 1 aromatic carbocycles. The molecular formula is C23H34O4. The molecule has 1 rings (SSSR count). The first-order valence-corrected chi connectivity index (χ1v) is 9.48. The summed E-state index contributed by atoms with van der Waals surface area (Å²) >= 11 is 0. The smallest absolute Gasteiger partial charge is 0.333 e. The molecule has 4 heteroatoms. The van der Waals surface area contributed by atoms with Gasteiger partial charge in [-0.25, -0.2) is 9.59 Å². The molecule has 0 bridgehead atoms. The van der Waals surface area contributed by atoms with Crippen molar-refractivity contribution in [3.8, 4) is 0 Å². The monoisotopic (exact) mass is 374 g/mol. The Balaban J connectivity index is 0.000000501. The molecule has 1 unspecified atom stereocenters. The first-order valence-electron chi connectivity index (χ1n) is 9.48. The topological polar surface area (TPSA) is 52.6 Å². The fraction of sp³-hybridized carbons (Fsp3) is 0.478. The van der Waals surface area contributed by atoms with E-state index in [1.54, 1.807) is 6.92 Å². The van der Waals surface area contributed by atoms with Gasteiger partial charge in [-0.2, -0.15) is 0 Å². The summed E-state index contributed by atoms with van der Waals surface area (Å²) in [5.41, 5.74) is 2.03. The summed E-state index contributed by atoms with van der Waals surface area (Å²) in [5.74, 6) is -0.0953. The molecule has 0 fully saturated rings. The zero-order valence-electron chi connectivity index (χ0n) is 17.3. The summed E-state index contributed by atoms with van der Waals surface area (Å²) < 4.78 is 9.66. The maximum Gasteiger partial charge on any atom is 0.333 e. The summed E-state index contributed by atoms with van der Waals surface area (Å²) in [7, 11) is 1.36. The molecule has 0 aromatic heterocycles. The number of hydrogen-bond donors (Lipinski definition) is 0. The van der Waals surface area contributed by atoms with Crippen LogP contribution in [-0.2, 0) is 25.5 Å². The second-order valence-corrected chi connectivity index (χ2v) is 6.55. The Hall–Kier alpha value is -2.36. The average Bonchev–Trinajstić information content (AvgIpc) is 2.68. The number of hydrogen-bond acceptors (Lipinski definition) is 4. The normalized spacial score (nSPS) is 10.8. The highest BCUT2D eigenvalue weighted by Crippen LogP contribution is 2.13. The van der Waals surface area contributed by atoms with Crippen molar-refractivity contribution in [2.24, 2.45) is 5.92 Å². The summed E-state index contributed by atoms with van der Waals surface area (Å²) in [6, 6.07) is 9.70. The van der Waals surface area contributed by atoms with E-state index in [1.165, 1.54) is 20.0 Å². The van der Waals surface area contributed by atoms with Gasteiger partial charge in [0, 0.05) is 17.6 Å². The van der Waals surface area contributed by atoms with Crippen LogP contribution in [0.1, 0.15) is 52.0 Å². The number of methoxy groups -OCH3 is 1. The van der Waals surface area contributed by atoms with Crippen molar-refractivity contribution in [1.82, 2.24) is 0 Å². The molecule has 27 heavy (non-hydrogen) atoms. The van der Waals surface area contributed by atoms with Gasteiger partial charge >= 0.3 is 11.9 Å². The number of benzene rings is 1. The predicted molar refractivity (Wildman–Crippen MR) is 110 cm³/mol.